The van der Waals surface area contributed by atoms with E-state index in [0.29, 0.717) is 11.3 Å². The summed E-state index contributed by atoms with van der Waals surface area (Å²) in [5, 5.41) is 14.9. The van der Waals surface area contributed by atoms with Gasteiger partial charge in [0, 0.05) is 0 Å². The zero-order valence-corrected chi connectivity index (χ0v) is 12.0. The fourth-order valence-corrected chi connectivity index (χ4v) is 3.65. The molecule has 1 aromatic rings. The van der Waals surface area contributed by atoms with Crippen LogP contribution >= 0.6 is 0 Å². The molecule has 23 heavy (non-hydrogen) atoms. The van der Waals surface area contributed by atoms with Crippen molar-refractivity contribution in [2.45, 2.75) is 11.7 Å². The number of fused-ring (bicyclic) bond motifs is 2. The molecule has 0 aliphatic carbocycles. The van der Waals surface area contributed by atoms with E-state index in [9.17, 15) is 19.5 Å². The fourth-order valence-electron chi connectivity index (χ4n) is 3.65. The number of aliphatic carboxylic acids is 1. The highest BCUT2D eigenvalue weighted by Crippen LogP contribution is 2.47. The fraction of sp³-hybridized carbons (Fsp3) is 0.312. The Hall–Kier alpha value is -2.67. The maximum atomic E-state index is 12.7. The van der Waals surface area contributed by atoms with Crippen molar-refractivity contribution in [1.29, 1.82) is 0 Å². The maximum Gasteiger partial charge on any atom is 0.310 e. The molecule has 4 unspecified atom stereocenters. The Balaban J connectivity index is 1.81. The van der Waals surface area contributed by atoms with E-state index in [1.165, 1.54) is 0 Å². The van der Waals surface area contributed by atoms with Crippen LogP contribution in [0.5, 0.6) is 0 Å². The molecule has 118 valence electrons. The first kappa shape index (κ1) is 14.0. The van der Waals surface area contributed by atoms with Crippen molar-refractivity contribution < 1.29 is 24.2 Å². The van der Waals surface area contributed by atoms with Gasteiger partial charge in [-0.05, 0) is 12.1 Å². The van der Waals surface area contributed by atoms with Crippen LogP contribution in [-0.2, 0) is 14.3 Å². The highest BCUT2D eigenvalue weighted by atomic mass is 16.5. The highest BCUT2D eigenvalue weighted by Gasteiger charge is 2.62. The van der Waals surface area contributed by atoms with Gasteiger partial charge in [0.15, 0.2) is 0 Å². The predicted molar refractivity (Wildman–Crippen MR) is 78.8 cm³/mol. The number of para-hydroxylation sites is 1. The van der Waals surface area contributed by atoms with Gasteiger partial charge in [0.1, 0.15) is 11.5 Å². The summed E-state index contributed by atoms with van der Waals surface area (Å²) in [6.45, 7) is 0.0506. The van der Waals surface area contributed by atoms with Gasteiger partial charge in [0.2, 0.25) is 5.91 Å². The third-order valence-corrected chi connectivity index (χ3v) is 4.69. The Morgan fingerprint density at radius 1 is 1.30 bits per heavy atom. The van der Waals surface area contributed by atoms with Crippen molar-refractivity contribution in [3.8, 4) is 0 Å². The standard InChI is InChI=1S/C16H14N2O5/c19-13-8-3-1-2-4-9(8)18-14(20)12-11(15(21)22)10-5-6-16(12,23-10)7-17-13/h1-6,10-12H,7H2,(H,17,19)(H,18,20)(H,21,22). The average molecular weight is 314 g/mol. The van der Waals surface area contributed by atoms with Crippen molar-refractivity contribution in [3.63, 3.8) is 0 Å². The van der Waals surface area contributed by atoms with Crippen molar-refractivity contribution in [2.75, 3.05) is 11.9 Å². The van der Waals surface area contributed by atoms with Crippen LogP contribution in [0.25, 0.3) is 0 Å². The van der Waals surface area contributed by atoms with E-state index in [1.54, 1.807) is 36.4 Å². The van der Waals surface area contributed by atoms with Gasteiger partial charge in [-0.1, -0.05) is 24.3 Å². The molecule has 3 heterocycles. The molecule has 3 N–H and O–H groups in total. The lowest BCUT2D eigenvalue weighted by Gasteiger charge is -2.30. The van der Waals surface area contributed by atoms with Crippen LogP contribution < -0.4 is 10.6 Å². The van der Waals surface area contributed by atoms with Crippen LogP contribution in [0.15, 0.2) is 36.4 Å². The van der Waals surface area contributed by atoms with E-state index >= 15 is 0 Å². The molecule has 3 aliphatic rings. The highest BCUT2D eigenvalue weighted by molar-refractivity contribution is 6.06. The van der Waals surface area contributed by atoms with E-state index in [1.807, 2.05) is 0 Å². The van der Waals surface area contributed by atoms with E-state index in [2.05, 4.69) is 10.6 Å². The molecule has 1 aromatic carbocycles. The molecule has 1 fully saturated rings. The zero-order chi connectivity index (χ0) is 16.2. The Labute approximate surface area is 131 Å². The number of rotatable bonds is 1. The van der Waals surface area contributed by atoms with Gasteiger partial charge in [0.25, 0.3) is 5.91 Å². The number of amides is 2. The number of carbonyl (C=O) groups excluding carboxylic acids is 2. The van der Waals surface area contributed by atoms with E-state index in [4.69, 9.17) is 4.74 Å². The number of carbonyl (C=O) groups is 3. The van der Waals surface area contributed by atoms with Crippen LogP contribution in [0.1, 0.15) is 10.4 Å². The first-order valence-electron chi connectivity index (χ1n) is 7.30. The van der Waals surface area contributed by atoms with E-state index in [0.717, 1.165) is 0 Å². The summed E-state index contributed by atoms with van der Waals surface area (Å²) < 4.78 is 5.78. The molecule has 2 amide bonds. The Bertz CT molecular complexity index is 759. The maximum absolute atomic E-state index is 12.7. The van der Waals surface area contributed by atoms with Crippen LogP contribution in [-0.4, -0.2) is 41.1 Å². The Morgan fingerprint density at radius 3 is 2.87 bits per heavy atom. The quantitative estimate of drug-likeness (QED) is 0.651. The number of anilines is 1. The molecule has 3 aliphatic heterocycles. The minimum atomic E-state index is -1.12. The molecule has 7 heteroatoms. The number of hydrogen-bond acceptors (Lipinski definition) is 4. The number of nitrogens with one attached hydrogen (secondary N) is 2. The summed E-state index contributed by atoms with van der Waals surface area (Å²) >= 11 is 0. The third-order valence-electron chi connectivity index (χ3n) is 4.69. The van der Waals surface area contributed by atoms with E-state index in [-0.39, 0.29) is 12.5 Å². The van der Waals surface area contributed by atoms with Crippen molar-refractivity contribution in [1.82, 2.24) is 5.32 Å². The number of ether oxygens (including phenoxy) is 1. The number of benzene rings is 1. The van der Waals surface area contributed by atoms with Crippen LogP contribution in [0.3, 0.4) is 0 Å². The number of hydrogen-bond donors (Lipinski definition) is 3. The Morgan fingerprint density at radius 2 is 2.09 bits per heavy atom. The monoisotopic (exact) mass is 314 g/mol. The molecule has 1 spiro atoms. The molecule has 1 saturated heterocycles. The molecule has 0 aromatic heterocycles. The molecule has 4 rings (SSSR count). The lowest BCUT2D eigenvalue weighted by atomic mass is 9.74. The molecule has 2 bridgehead atoms. The molecule has 0 saturated carbocycles. The molecular formula is C16H14N2O5. The second-order valence-corrected chi connectivity index (χ2v) is 5.96. The summed E-state index contributed by atoms with van der Waals surface area (Å²) in [6, 6.07) is 6.62. The number of carboxylic acids is 1. The molecule has 7 nitrogen and oxygen atoms in total. The number of carboxylic acid groups (broad SMARTS) is 1. The topological polar surface area (TPSA) is 105 Å². The smallest absolute Gasteiger partial charge is 0.310 e. The van der Waals surface area contributed by atoms with Crippen molar-refractivity contribution in [2.24, 2.45) is 11.8 Å². The van der Waals surface area contributed by atoms with Crippen molar-refractivity contribution >= 4 is 23.5 Å². The minimum Gasteiger partial charge on any atom is -0.481 e. The van der Waals surface area contributed by atoms with E-state index < -0.39 is 35.4 Å². The predicted octanol–water partition coefficient (Wildman–Crippen LogP) is 0.393. The zero-order valence-electron chi connectivity index (χ0n) is 12.0. The average Bonchev–Trinajstić information content (AvgIpc) is 3.09. The van der Waals surface area contributed by atoms with Gasteiger partial charge < -0.3 is 20.5 Å². The van der Waals surface area contributed by atoms with Crippen LogP contribution in [0.4, 0.5) is 5.69 Å². The SMILES string of the molecule is O=C1NCC23C=CC(O2)C(C(=O)O)C3C(=O)Nc2ccccc21. The lowest BCUT2D eigenvalue weighted by molar-refractivity contribution is -0.146. The first-order valence-corrected chi connectivity index (χ1v) is 7.30. The molecule has 4 atom stereocenters. The molecule has 0 radical (unpaired) electrons. The lowest BCUT2D eigenvalue weighted by Crippen LogP contribution is -2.50. The summed E-state index contributed by atoms with van der Waals surface area (Å²) in [5.41, 5.74) is -0.416. The van der Waals surface area contributed by atoms with Crippen molar-refractivity contribution in [3.05, 3.63) is 42.0 Å². The van der Waals surface area contributed by atoms with Gasteiger partial charge in [-0.3, -0.25) is 14.4 Å². The van der Waals surface area contributed by atoms with Gasteiger partial charge in [-0.15, -0.1) is 0 Å². The minimum absolute atomic E-state index is 0.0506. The third kappa shape index (κ3) is 1.90. The Kier molecular flexibility index (Phi) is 2.83. The first-order chi connectivity index (χ1) is 11.0. The van der Waals surface area contributed by atoms with Crippen LogP contribution in [0.2, 0.25) is 0 Å². The van der Waals surface area contributed by atoms with Crippen LogP contribution in [0, 0.1) is 11.8 Å². The molecular weight excluding hydrogens is 300 g/mol. The van der Waals surface area contributed by atoms with Gasteiger partial charge in [-0.2, -0.15) is 0 Å². The summed E-state index contributed by atoms with van der Waals surface area (Å²) in [5.74, 6) is -3.74. The largest absolute Gasteiger partial charge is 0.481 e. The second kappa shape index (κ2) is 4.66. The normalized spacial score (nSPS) is 34.5. The van der Waals surface area contributed by atoms with Gasteiger partial charge in [0.05, 0.1) is 29.8 Å². The summed E-state index contributed by atoms with van der Waals surface area (Å²) in [4.78, 5) is 36.7. The second-order valence-electron chi connectivity index (χ2n) is 5.96. The summed E-state index contributed by atoms with van der Waals surface area (Å²) in [7, 11) is 0. The van der Waals surface area contributed by atoms with Gasteiger partial charge >= 0.3 is 5.97 Å². The summed E-state index contributed by atoms with van der Waals surface area (Å²) in [6.07, 6.45) is 2.69. The van der Waals surface area contributed by atoms with Gasteiger partial charge in [-0.25, -0.2) is 0 Å².